The van der Waals surface area contributed by atoms with E-state index in [-0.39, 0.29) is 26.1 Å². The second-order valence-electron chi connectivity index (χ2n) is 6.03. The molecule has 2 heterocycles. The number of ether oxygens (including phenoxy) is 2. The summed E-state index contributed by atoms with van der Waals surface area (Å²) in [6.45, 7) is -1.15. The van der Waals surface area contributed by atoms with Crippen molar-refractivity contribution in [1.82, 2.24) is 10.2 Å². The summed E-state index contributed by atoms with van der Waals surface area (Å²) in [5, 5.41) is 2.62. The summed E-state index contributed by atoms with van der Waals surface area (Å²) in [6.07, 6.45) is -5.09. The van der Waals surface area contributed by atoms with Crippen LogP contribution in [0.4, 0.5) is 13.2 Å². The minimum atomic E-state index is -4.47. The number of para-hydroxylation sites is 2. The lowest BCUT2D eigenvalue weighted by molar-refractivity contribution is -0.157. The highest BCUT2D eigenvalue weighted by atomic mass is 19.4. The van der Waals surface area contributed by atoms with Gasteiger partial charge in [0.05, 0.1) is 12.5 Å². The van der Waals surface area contributed by atoms with E-state index in [9.17, 15) is 22.8 Å². The molecule has 1 aromatic carbocycles. The number of halogens is 3. The maximum atomic E-state index is 12.4. The number of fused-ring (bicyclic) bond motifs is 1. The van der Waals surface area contributed by atoms with Gasteiger partial charge >= 0.3 is 6.18 Å². The highest BCUT2D eigenvalue weighted by molar-refractivity contribution is 5.89. The lowest BCUT2D eigenvalue weighted by Gasteiger charge is -2.26. The van der Waals surface area contributed by atoms with E-state index in [1.54, 1.807) is 18.2 Å². The van der Waals surface area contributed by atoms with Crippen LogP contribution in [0.3, 0.4) is 0 Å². The molecule has 0 spiro atoms. The molecule has 1 N–H and O–H groups in total. The zero-order valence-electron chi connectivity index (χ0n) is 13.2. The van der Waals surface area contributed by atoms with E-state index in [1.807, 2.05) is 6.07 Å². The van der Waals surface area contributed by atoms with E-state index in [0.29, 0.717) is 16.4 Å². The van der Waals surface area contributed by atoms with Crippen LogP contribution in [0.15, 0.2) is 24.3 Å². The van der Waals surface area contributed by atoms with Crippen molar-refractivity contribution in [2.45, 2.75) is 18.7 Å². The summed E-state index contributed by atoms with van der Waals surface area (Å²) in [5.74, 6) is -0.717. The molecule has 2 amide bonds. The van der Waals surface area contributed by atoms with Crippen molar-refractivity contribution in [2.24, 2.45) is 5.92 Å². The second-order valence-corrected chi connectivity index (χ2v) is 6.03. The summed E-state index contributed by atoms with van der Waals surface area (Å²) in [7, 11) is 0. The van der Waals surface area contributed by atoms with Crippen molar-refractivity contribution in [3.8, 4) is 11.5 Å². The van der Waals surface area contributed by atoms with E-state index < -0.39 is 36.6 Å². The van der Waals surface area contributed by atoms with Gasteiger partial charge in [0.15, 0.2) is 11.5 Å². The van der Waals surface area contributed by atoms with Gasteiger partial charge in [0.1, 0.15) is 19.3 Å². The number of hydrogen-bond acceptors (Lipinski definition) is 4. The number of hydrogen-bond donors (Lipinski definition) is 1. The van der Waals surface area contributed by atoms with Crippen LogP contribution in [0, 0.1) is 5.92 Å². The van der Waals surface area contributed by atoms with Crippen LogP contribution in [0.25, 0.3) is 0 Å². The first-order chi connectivity index (χ1) is 11.8. The molecule has 2 aliphatic heterocycles. The molecule has 0 aliphatic carbocycles. The first-order valence-electron chi connectivity index (χ1n) is 7.82. The molecule has 136 valence electrons. The Morgan fingerprint density at radius 3 is 2.72 bits per heavy atom. The second kappa shape index (κ2) is 6.81. The van der Waals surface area contributed by atoms with Gasteiger partial charge in [0.25, 0.3) is 0 Å². The van der Waals surface area contributed by atoms with Crippen LogP contribution < -0.4 is 14.8 Å². The quantitative estimate of drug-likeness (QED) is 0.882. The standard InChI is InChI=1S/C16H17F3N2O4/c17-16(18,19)9-21-7-10(5-14(21)22)15(23)20-6-11-8-24-12-3-1-2-4-13(12)25-11/h1-4,10-11H,5-9H2,(H,20,23)/t10-,11+/m1/s1. The topological polar surface area (TPSA) is 67.9 Å². The van der Waals surface area contributed by atoms with Gasteiger partial charge in [-0.15, -0.1) is 0 Å². The molecule has 0 radical (unpaired) electrons. The zero-order valence-corrected chi connectivity index (χ0v) is 13.2. The molecule has 2 aliphatic rings. The van der Waals surface area contributed by atoms with Crippen LogP contribution >= 0.6 is 0 Å². The summed E-state index contributed by atoms with van der Waals surface area (Å²) < 4.78 is 48.4. The Bertz CT molecular complexity index is 665. The highest BCUT2D eigenvalue weighted by Gasteiger charge is 2.40. The number of carbonyl (C=O) groups excluding carboxylic acids is 2. The maximum Gasteiger partial charge on any atom is 0.406 e. The van der Waals surface area contributed by atoms with Gasteiger partial charge in [-0.3, -0.25) is 9.59 Å². The Morgan fingerprint density at radius 2 is 2.00 bits per heavy atom. The molecule has 6 nitrogen and oxygen atoms in total. The third kappa shape index (κ3) is 4.34. The molecule has 3 rings (SSSR count). The fourth-order valence-electron chi connectivity index (χ4n) is 2.84. The molecule has 1 aromatic rings. The van der Waals surface area contributed by atoms with Gasteiger partial charge in [-0.1, -0.05) is 12.1 Å². The number of likely N-dealkylation sites (tertiary alicyclic amines) is 1. The van der Waals surface area contributed by atoms with Gasteiger partial charge in [-0.2, -0.15) is 13.2 Å². The van der Waals surface area contributed by atoms with Gasteiger partial charge in [-0.05, 0) is 12.1 Å². The number of nitrogens with one attached hydrogen (secondary N) is 1. The SMILES string of the molecule is O=C(NC[C@H]1COc2ccccc2O1)[C@@H]1CC(=O)N(CC(F)(F)F)C1. The van der Waals surface area contributed by atoms with E-state index in [2.05, 4.69) is 5.32 Å². The van der Waals surface area contributed by atoms with Crippen molar-refractivity contribution >= 4 is 11.8 Å². The molecule has 9 heteroatoms. The third-order valence-electron chi connectivity index (χ3n) is 4.03. The lowest BCUT2D eigenvalue weighted by atomic mass is 10.1. The van der Waals surface area contributed by atoms with Crippen molar-refractivity contribution in [2.75, 3.05) is 26.2 Å². The number of carbonyl (C=O) groups is 2. The summed E-state index contributed by atoms with van der Waals surface area (Å²) in [5.41, 5.74) is 0. The monoisotopic (exact) mass is 358 g/mol. The predicted molar refractivity (Wildman–Crippen MR) is 80.1 cm³/mol. The predicted octanol–water partition coefficient (Wildman–Crippen LogP) is 1.35. The minimum Gasteiger partial charge on any atom is -0.486 e. The average molecular weight is 358 g/mol. The number of nitrogens with zero attached hydrogens (tertiary/aromatic N) is 1. The molecule has 0 unspecified atom stereocenters. The van der Waals surface area contributed by atoms with Crippen molar-refractivity contribution < 1.29 is 32.2 Å². The van der Waals surface area contributed by atoms with Crippen LogP contribution in [0.5, 0.6) is 11.5 Å². The molecule has 1 saturated heterocycles. The number of rotatable bonds is 4. The molecule has 0 bridgehead atoms. The van der Waals surface area contributed by atoms with Gasteiger partial charge in [0.2, 0.25) is 11.8 Å². The minimum absolute atomic E-state index is 0.150. The first kappa shape index (κ1) is 17.4. The van der Waals surface area contributed by atoms with Crippen molar-refractivity contribution in [3.63, 3.8) is 0 Å². The summed E-state index contributed by atoms with van der Waals surface area (Å²) in [6, 6.07) is 7.12. The van der Waals surface area contributed by atoms with E-state index in [4.69, 9.17) is 9.47 Å². The molecule has 1 fully saturated rings. The number of amides is 2. The third-order valence-corrected chi connectivity index (χ3v) is 4.03. The summed E-state index contributed by atoms with van der Waals surface area (Å²) >= 11 is 0. The van der Waals surface area contributed by atoms with Gasteiger partial charge in [-0.25, -0.2) is 0 Å². The fraction of sp³-hybridized carbons (Fsp3) is 0.500. The normalized spacial score (nSPS) is 22.8. The Labute approximate surface area is 141 Å². The Morgan fingerprint density at radius 1 is 1.28 bits per heavy atom. The van der Waals surface area contributed by atoms with Crippen LogP contribution in [0.1, 0.15) is 6.42 Å². The molecule has 2 atom stereocenters. The Kier molecular flexibility index (Phi) is 4.73. The fourth-order valence-corrected chi connectivity index (χ4v) is 2.84. The maximum absolute atomic E-state index is 12.4. The van der Waals surface area contributed by atoms with Gasteiger partial charge < -0.3 is 19.7 Å². The van der Waals surface area contributed by atoms with Crippen LogP contribution in [-0.2, 0) is 9.59 Å². The van der Waals surface area contributed by atoms with Crippen LogP contribution in [-0.4, -0.2) is 55.2 Å². The molecular weight excluding hydrogens is 341 g/mol. The lowest BCUT2D eigenvalue weighted by Crippen LogP contribution is -2.43. The van der Waals surface area contributed by atoms with E-state index in [0.717, 1.165) is 0 Å². The smallest absolute Gasteiger partial charge is 0.406 e. The number of benzene rings is 1. The van der Waals surface area contributed by atoms with Gasteiger partial charge in [0, 0.05) is 13.0 Å². The van der Waals surface area contributed by atoms with E-state index >= 15 is 0 Å². The highest BCUT2D eigenvalue weighted by Crippen LogP contribution is 2.30. The largest absolute Gasteiger partial charge is 0.486 e. The first-order valence-corrected chi connectivity index (χ1v) is 7.82. The molecule has 25 heavy (non-hydrogen) atoms. The van der Waals surface area contributed by atoms with Crippen molar-refractivity contribution in [3.05, 3.63) is 24.3 Å². The number of alkyl halides is 3. The van der Waals surface area contributed by atoms with Crippen LogP contribution in [0.2, 0.25) is 0 Å². The van der Waals surface area contributed by atoms with Crippen molar-refractivity contribution in [1.29, 1.82) is 0 Å². The Hall–Kier alpha value is -2.45. The molecular formula is C16H17F3N2O4. The Balaban J connectivity index is 1.48. The van der Waals surface area contributed by atoms with E-state index in [1.165, 1.54) is 0 Å². The molecule has 0 saturated carbocycles. The molecule has 0 aromatic heterocycles. The summed E-state index contributed by atoms with van der Waals surface area (Å²) in [4.78, 5) is 24.4. The average Bonchev–Trinajstić information content (AvgIpc) is 2.91. The zero-order chi connectivity index (χ0) is 18.0.